The third kappa shape index (κ3) is 2.60. The van der Waals surface area contributed by atoms with Gasteiger partial charge in [0.15, 0.2) is 0 Å². The largest absolute Gasteiger partial charge is 0.481 e. The number of carboxylic acids is 1. The van der Waals surface area contributed by atoms with Crippen molar-refractivity contribution in [1.82, 2.24) is 0 Å². The predicted molar refractivity (Wildman–Crippen MR) is 68.2 cm³/mol. The lowest BCUT2D eigenvalue weighted by Crippen LogP contribution is -2.38. The second kappa shape index (κ2) is 4.40. The van der Waals surface area contributed by atoms with E-state index in [1.165, 1.54) is 5.69 Å². The minimum Gasteiger partial charge on any atom is -0.481 e. The number of benzene rings is 1. The molecule has 3 nitrogen and oxygen atoms in total. The smallest absolute Gasteiger partial charge is 0.303 e. The van der Waals surface area contributed by atoms with Gasteiger partial charge in [0.05, 0.1) is 0 Å². The van der Waals surface area contributed by atoms with Crippen molar-refractivity contribution < 1.29 is 9.90 Å². The highest BCUT2D eigenvalue weighted by atomic mass is 16.4. The van der Waals surface area contributed by atoms with Crippen molar-refractivity contribution in [3.63, 3.8) is 0 Å². The van der Waals surface area contributed by atoms with Crippen LogP contribution in [-0.4, -0.2) is 23.2 Å². The maximum atomic E-state index is 10.8. The molecular formula is C14H19NO2. The van der Waals surface area contributed by atoms with Crippen LogP contribution < -0.4 is 4.90 Å². The first kappa shape index (κ1) is 12.0. The first-order valence-corrected chi connectivity index (χ1v) is 6.03. The molecule has 0 aliphatic carbocycles. The van der Waals surface area contributed by atoms with Crippen LogP contribution in [0.4, 0.5) is 5.69 Å². The number of nitrogens with zero attached hydrogens (tertiary/aromatic N) is 1. The van der Waals surface area contributed by atoms with Crippen LogP contribution in [0.5, 0.6) is 0 Å². The number of carbonyl (C=O) groups is 1. The normalized spacial score (nSPS) is 22.7. The average molecular weight is 233 g/mol. The molecule has 1 aromatic carbocycles. The van der Waals surface area contributed by atoms with Crippen LogP contribution in [0.1, 0.15) is 26.7 Å². The summed E-state index contributed by atoms with van der Waals surface area (Å²) in [5.41, 5.74) is 1.23. The molecule has 3 heteroatoms. The number of hydrogen-bond acceptors (Lipinski definition) is 2. The Hall–Kier alpha value is -1.51. The molecule has 1 N–H and O–H groups in total. The fourth-order valence-electron chi connectivity index (χ4n) is 2.83. The number of para-hydroxylation sites is 1. The number of rotatable bonds is 3. The lowest BCUT2D eigenvalue weighted by molar-refractivity contribution is -0.137. The van der Waals surface area contributed by atoms with E-state index in [9.17, 15) is 4.79 Å². The van der Waals surface area contributed by atoms with Gasteiger partial charge in [0.1, 0.15) is 0 Å². The van der Waals surface area contributed by atoms with Gasteiger partial charge in [-0.15, -0.1) is 0 Å². The Labute approximate surface area is 102 Å². The summed E-state index contributed by atoms with van der Waals surface area (Å²) in [6, 6.07) is 10.2. The van der Waals surface area contributed by atoms with Crippen LogP contribution in [-0.2, 0) is 4.79 Å². The van der Waals surface area contributed by atoms with Crippen molar-refractivity contribution in [3.05, 3.63) is 30.3 Å². The predicted octanol–water partition coefficient (Wildman–Crippen LogP) is 2.77. The highest BCUT2D eigenvalue weighted by Crippen LogP contribution is 2.37. The van der Waals surface area contributed by atoms with E-state index in [4.69, 9.17) is 5.11 Å². The first-order chi connectivity index (χ1) is 7.99. The molecule has 1 heterocycles. The van der Waals surface area contributed by atoms with E-state index in [-0.39, 0.29) is 17.9 Å². The zero-order valence-electron chi connectivity index (χ0n) is 10.4. The molecule has 1 atom stereocenters. The van der Waals surface area contributed by atoms with Crippen molar-refractivity contribution in [2.45, 2.75) is 32.2 Å². The van der Waals surface area contributed by atoms with Crippen LogP contribution in [0.2, 0.25) is 0 Å². The minimum absolute atomic E-state index is 0.0431. The summed E-state index contributed by atoms with van der Waals surface area (Å²) >= 11 is 0. The zero-order chi connectivity index (χ0) is 12.5. The summed E-state index contributed by atoms with van der Waals surface area (Å²) in [6.07, 6.45) is 1.21. The average Bonchev–Trinajstić information content (AvgIpc) is 2.53. The SMILES string of the molecule is CC1(C)CC(CC(=O)O)CN1c1ccccc1. The topological polar surface area (TPSA) is 40.5 Å². The van der Waals surface area contributed by atoms with Gasteiger partial charge >= 0.3 is 5.97 Å². The number of aliphatic carboxylic acids is 1. The molecule has 92 valence electrons. The van der Waals surface area contributed by atoms with Crippen LogP contribution in [0.25, 0.3) is 0 Å². The summed E-state index contributed by atoms with van der Waals surface area (Å²) in [4.78, 5) is 13.1. The van der Waals surface area contributed by atoms with E-state index >= 15 is 0 Å². The van der Waals surface area contributed by atoms with Gasteiger partial charge in [0.2, 0.25) is 0 Å². The molecule has 0 spiro atoms. The Morgan fingerprint density at radius 3 is 2.65 bits per heavy atom. The molecule has 0 bridgehead atoms. The number of hydrogen-bond donors (Lipinski definition) is 1. The maximum absolute atomic E-state index is 10.8. The second-order valence-electron chi connectivity index (χ2n) is 5.43. The van der Waals surface area contributed by atoms with Gasteiger partial charge in [0.25, 0.3) is 0 Å². The van der Waals surface area contributed by atoms with Crippen molar-refractivity contribution in [2.75, 3.05) is 11.4 Å². The molecule has 0 amide bonds. The Morgan fingerprint density at radius 2 is 2.06 bits per heavy atom. The summed E-state index contributed by atoms with van der Waals surface area (Å²) < 4.78 is 0. The lowest BCUT2D eigenvalue weighted by atomic mass is 9.94. The van der Waals surface area contributed by atoms with Crippen LogP contribution in [0, 0.1) is 5.92 Å². The fraction of sp³-hybridized carbons (Fsp3) is 0.500. The molecule has 1 fully saturated rings. The standard InChI is InChI=1S/C14H19NO2/c1-14(2)9-11(8-13(16)17)10-15(14)12-6-4-3-5-7-12/h3-7,11H,8-10H2,1-2H3,(H,16,17). The monoisotopic (exact) mass is 233 g/mol. The molecule has 0 radical (unpaired) electrons. The van der Waals surface area contributed by atoms with Gasteiger partial charge in [0, 0.05) is 24.2 Å². The Morgan fingerprint density at radius 1 is 1.41 bits per heavy atom. The summed E-state index contributed by atoms with van der Waals surface area (Å²) in [7, 11) is 0. The second-order valence-corrected chi connectivity index (χ2v) is 5.43. The van der Waals surface area contributed by atoms with Gasteiger partial charge in [-0.05, 0) is 38.3 Å². The fourth-order valence-corrected chi connectivity index (χ4v) is 2.83. The van der Waals surface area contributed by atoms with E-state index in [2.05, 4.69) is 30.9 Å². The molecule has 1 aliphatic heterocycles. The summed E-state index contributed by atoms with van der Waals surface area (Å²) in [5.74, 6) is -0.441. The van der Waals surface area contributed by atoms with E-state index in [1.54, 1.807) is 0 Å². The van der Waals surface area contributed by atoms with Gasteiger partial charge in [-0.2, -0.15) is 0 Å². The van der Waals surface area contributed by atoms with Crippen LogP contribution in [0.15, 0.2) is 30.3 Å². The van der Waals surface area contributed by atoms with Gasteiger partial charge in [-0.25, -0.2) is 0 Å². The maximum Gasteiger partial charge on any atom is 0.303 e. The van der Waals surface area contributed by atoms with Crippen molar-refractivity contribution in [1.29, 1.82) is 0 Å². The number of carboxylic acid groups (broad SMARTS) is 1. The molecule has 0 aromatic heterocycles. The van der Waals surface area contributed by atoms with Crippen LogP contribution >= 0.6 is 0 Å². The molecular weight excluding hydrogens is 214 g/mol. The third-order valence-corrected chi connectivity index (χ3v) is 3.49. The van der Waals surface area contributed by atoms with Gasteiger partial charge < -0.3 is 10.0 Å². The van der Waals surface area contributed by atoms with E-state index in [0.717, 1.165) is 13.0 Å². The Kier molecular flexibility index (Phi) is 3.09. The van der Waals surface area contributed by atoms with E-state index < -0.39 is 5.97 Å². The molecule has 1 saturated heterocycles. The van der Waals surface area contributed by atoms with Crippen molar-refractivity contribution in [3.8, 4) is 0 Å². The molecule has 1 unspecified atom stereocenters. The molecule has 1 aromatic rings. The van der Waals surface area contributed by atoms with Crippen molar-refractivity contribution in [2.24, 2.45) is 5.92 Å². The van der Waals surface area contributed by atoms with Gasteiger partial charge in [-0.3, -0.25) is 4.79 Å². The van der Waals surface area contributed by atoms with E-state index in [0.29, 0.717) is 0 Å². The highest BCUT2D eigenvalue weighted by Gasteiger charge is 2.38. The number of anilines is 1. The minimum atomic E-state index is -0.694. The summed E-state index contributed by atoms with van der Waals surface area (Å²) in [5, 5.41) is 8.88. The molecule has 17 heavy (non-hydrogen) atoms. The highest BCUT2D eigenvalue weighted by molar-refractivity contribution is 5.67. The third-order valence-electron chi connectivity index (χ3n) is 3.49. The molecule has 2 rings (SSSR count). The van der Waals surface area contributed by atoms with E-state index in [1.807, 2.05) is 18.2 Å². The quantitative estimate of drug-likeness (QED) is 0.872. The Balaban J connectivity index is 2.16. The summed E-state index contributed by atoms with van der Waals surface area (Å²) in [6.45, 7) is 5.20. The molecule has 1 aliphatic rings. The molecule has 0 saturated carbocycles. The zero-order valence-corrected chi connectivity index (χ0v) is 10.4. The Bertz CT molecular complexity index is 400. The van der Waals surface area contributed by atoms with Crippen molar-refractivity contribution >= 4 is 11.7 Å². The van der Waals surface area contributed by atoms with Crippen LogP contribution in [0.3, 0.4) is 0 Å². The lowest BCUT2D eigenvalue weighted by Gasteiger charge is -2.33. The first-order valence-electron chi connectivity index (χ1n) is 6.03. The van der Waals surface area contributed by atoms with Gasteiger partial charge in [-0.1, -0.05) is 18.2 Å².